The zero-order chi connectivity index (χ0) is 10.6. The number of aliphatic hydroxyl groups is 1. The summed E-state index contributed by atoms with van der Waals surface area (Å²) in [5.74, 6) is 0. The van der Waals surface area contributed by atoms with Crippen molar-refractivity contribution in [2.75, 3.05) is 6.61 Å². The van der Waals surface area contributed by atoms with Crippen LogP contribution in [-0.4, -0.2) is 17.8 Å². The fourth-order valence-corrected chi connectivity index (χ4v) is 2.73. The van der Waals surface area contributed by atoms with Gasteiger partial charge < -0.3 is 10.4 Å². The highest BCUT2D eigenvalue weighted by Crippen LogP contribution is 2.27. The maximum atomic E-state index is 9.06. The van der Waals surface area contributed by atoms with Crippen molar-refractivity contribution in [1.29, 1.82) is 0 Å². The molecule has 1 aromatic heterocycles. The summed E-state index contributed by atoms with van der Waals surface area (Å²) < 4.78 is 1.15. The van der Waals surface area contributed by atoms with Crippen LogP contribution in [0, 0.1) is 0 Å². The van der Waals surface area contributed by atoms with Gasteiger partial charge in [0.2, 0.25) is 0 Å². The van der Waals surface area contributed by atoms with Gasteiger partial charge in [0.05, 0.1) is 10.4 Å². The predicted molar refractivity (Wildman–Crippen MR) is 64.7 cm³/mol. The molecule has 0 bridgehead atoms. The van der Waals surface area contributed by atoms with Crippen molar-refractivity contribution >= 4 is 27.3 Å². The van der Waals surface area contributed by atoms with Gasteiger partial charge in [0.15, 0.2) is 0 Å². The van der Waals surface area contributed by atoms with Crippen LogP contribution < -0.4 is 5.32 Å². The minimum Gasteiger partial charge on any atom is -0.395 e. The van der Waals surface area contributed by atoms with Crippen LogP contribution in [-0.2, 0) is 0 Å². The van der Waals surface area contributed by atoms with Gasteiger partial charge in [0, 0.05) is 17.0 Å². The van der Waals surface area contributed by atoms with E-state index in [0.29, 0.717) is 6.04 Å². The number of rotatable bonds is 5. The fraction of sp³-hybridized carbons (Fsp3) is 0.600. The average Bonchev–Trinajstić information content (AvgIpc) is 2.61. The van der Waals surface area contributed by atoms with Crippen LogP contribution >= 0.6 is 27.3 Å². The highest BCUT2D eigenvalue weighted by molar-refractivity contribution is 9.11. The minimum absolute atomic E-state index is 0.200. The van der Waals surface area contributed by atoms with E-state index >= 15 is 0 Å². The van der Waals surface area contributed by atoms with Gasteiger partial charge >= 0.3 is 0 Å². The van der Waals surface area contributed by atoms with E-state index in [1.165, 1.54) is 4.88 Å². The Hall–Kier alpha value is 0.1000. The largest absolute Gasteiger partial charge is 0.395 e. The minimum atomic E-state index is 0.200. The molecule has 0 spiro atoms. The summed E-state index contributed by atoms with van der Waals surface area (Å²) in [6.07, 6.45) is 0.952. The monoisotopic (exact) mass is 277 g/mol. The lowest BCUT2D eigenvalue weighted by Gasteiger charge is -2.19. The third-order valence-corrected chi connectivity index (χ3v) is 4.03. The topological polar surface area (TPSA) is 32.3 Å². The quantitative estimate of drug-likeness (QED) is 0.868. The average molecular weight is 278 g/mol. The number of aliphatic hydroxyl groups excluding tert-OH is 1. The van der Waals surface area contributed by atoms with E-state index < -0.39 is 0 Å². The second-order valence-electron chi connectivity index (χ2n) is 3.32. The van der Waals surface area contributed by atoms with E-state index in [0.717, 1.165) is 10.2 Å². The zero-order valence-corrected chi connectivity index (χ0v) is 10.9. The second-order valence-corrected chi connectivity index (χ2v) is 5.81. The van der Waals surface area contributed by atoms with Crippen molar-refractivity contribution in [3.05, 3.63) is 20.8 Å². The summed E-state index contributed by atoms with van der Waals surface area (Å²) in [4.78, 5) is 1.30. The Kier molecular flexibility index (Phi) is 5.09. The molecule has 0 fully saturated rings. The molecule has 1 heterocycles. The van der Waals surface area contributed by atoms with E-state index in [1.807, 2.05) is 0 Å². The molecule has 0 aliphatic rings. The normalized spacial score (nSPS) is 15.4. The van der Waals surface area contributed by atoms with Gasteiger partial charge in [-0.15, -0.1) is 11.3 Å². The Morgan fingerprint density at radius 2 is 2.29 bits per heavy atom. The summed E-state index contributed by atoms with van der Waals surface area (Å²) in [5, 5.41) is 12.4. The lowest BCUT2D eigenvalue weighted by Crippen LogP contribution is -2.33. The molecule has 80 valence electrons. The fourth-order valence-electron chi connectivity index (χ4n) is 1.30. The first-order valence-corrected chi connectivity index (χ1v) is 6.40. The number of halogens is 1. The molecule has 0 saturated carbocycles. The Morgan fingerprint density at radius 1 is 1.57 bits per heavy atom. The Balaban J connectivity index is 2.53. The molecule has 14 heavy (non-hydrogen) atoms. The third-order valence-electron chi connectivity index (χ3n) is 2.22. The summed E-state index contributed by atoms with van der Waals surface area (Å²) in [7, 11) is 0. The van der Waals surface area contributed by atoms with Gasteiger partial charge in [0.25, 0.3) is 0 Å². The molecule has 0 aliphatic heterocycles. The van der Waals surface area contributed by atoms with Crippen molar-refractivity contribution in [3.8, 4) is 0 Å². The molecule has 0 saturated heterocycles. The van der Waals surface area contributed by atoms with Crippen LogP contribution in [0.3, 0.4) is 0 Å². The van der Waals surface area contributed by atoms with Crippen LogP contribution in [0.15, 0.2) is 15.9 Å². The molecule has 2 unspecified atom stereocenters. The van der Waals surface area contributed by atoms with E-state index in [4.69, 9.17) is 5.11 Å². The van der Waals surface area contributed by atoms with Crippen molar-refractivity contribution in [2.24, 2.45) is 0 Å². The van der Waals surface area contributed by atoms with Gasteiger partial charge in [-0.1, -0.05) is 6.92 Å². The number of hydrogen-bond acceptors (Lipinski definition) is 3. The van der Waals surface area contributed by atoms with Gasteiger partial charge in [0.1, 0.15) is 0 Å². The number of thiophene rings is 1. The zero-order valence-electron chi connectivity index (χ0n) is 8.46. The van der Waals surface area contributed by atoms with E-state index in [9.17, 15) is 0 Å². The van der Waals surface area contributed by atoms with Crippen molar-refractivity contribution in [3.63, 3.8) is 0 Å². The first kappa shape index (κ1) is 12.2. The summed E-state index contributed by atoms with van der Waals surface area (Å²) >= 11 is 5.17. The summed E-state index contributed by atoms with van der Waals surface area (Å²) in [6, 6.07) is 4.67. The van der Waals surface area contributed by atoms with Crippen molar-refractivity contribution in [2.45, 2.75) is 32.4 Å². The van der Waals surface area contributed by atoms with Crippen LogP contribution in [0.2, 0.25) is 0 Å². The molecule has 0 amide bonds. The third kappa shape index (κ3) is 3.35. The van der Waals surface area contributed by atoms with Crippen LogP contribution in [0.1, 0.15) is 31.2 Å². The number of nitrogens with one attached hydrogen (secondary N) is 1. The van der Waals surface area contributed by atoms with Crippen LogP contribution in [0.4, 0.5) is 0 Å². The molecular formula is C10H16BrNOS. The smallest absolute Gasteiger partial charge is 0.0701 e. The van der Waals surface area contributed by atoms with Gasteiger partial charge in [-0.05, 0) is 41.4 Å². The first-order chi connectivity index (χ1) is 6.67. The van der Waals surface area contributed by atoms with Crippen LogP contribution in [0.5, 0.6) is 0 Å². The summed E-state index contributed by atoms with van der Waals surface area (Å²) in [6.45, 7) is 4.40. The molecule has 2 nitrogen and oxygen atoms in total. The van der Waals surface area contributed by atoms with E-state index in [1.54, 1.807) is 11.3 Å². The Labute approximate surface area is 97.5 Å². The molecule has 0 aliphatic carbocycles. The summed E-state index contributed by atoms with van der Waals surface area (Å²) in [5.41, 5.74) is 0. The Bertz CT molecular complexity index is 273. The number of hydrogen-bond donors (Lipinski definition) is 2. The second kappa shape index (κ2) is 5.85. The maximum Gasteiger partial charge on any atom is 0.0701 e. The molecule has 2 atom stereocenters. The molecule has 1 rings (SSSR count). The standard InChI is InChI=1S/C10H16BrNOS/c1-3-8(6-13)12-7(2)9-4-5-10(11)14-9/h4-5,7-8,12-13H,3,6H2,1-2H3. The molecule has 1 aromatic rings. The van der Waals surface area contributed by atoms with E-state index in [2.05, 4.69) is 47.2 Å². The molecule has 2 N–H and O–H groups in total. The first-order valence-electron chi connectivity index (χ1n) is 4.79. The highest BCUT2D eigenvalue weighted by Gasteiger charge is 2.12. The van der Waals surface area contributed by atoms with Crippen LogP contribution in [0.25, 0.3) is 0 Å². The lowest BCUT2D eigenvalue weighted by molar-refractivity contribution is 0.230. The molecular weight excluding hydrogens is 262 g/mol. The van der Waals surface area contributed by atoms with Crippen molar-refractivity contribution in [1.82, 2.24) is 5.32 Å². The van der Waals surface area contributed by atoms with Gasteiger partial charge in [-0.3, -0.25) is 0 Å². The maximum absolute atomic E-state index is 9.06. The van der Waals surface area contributed by atoms with Gasteiger partial charge in [-0.2, -0.15) is 0 Å². The lowest BCUT2D eigenvalue weighted by atomic mass is 10.2. The predicted octanol–water partition coefficient (Wildman–Crippen LogP) is 2.93. The van der Waals surface area contributed by atoms with E-state index in [-0.39, 0.29) is 12.6 Å². The SMILES string of the molecule is CCC(CO)NC(C)c1ccc(Br)s1. The molecule has 0 aromatic carbocycles. The molecule has 0 radical (unpaired) electrons. The van der Waals surface area contributed by atoms with Crippen molar-refractivity contribution < 1.29 is 5.11 Å². The van der Waals surface area contributed by atoms with Gasteiger partial charge in [-0.25, -0.2) is 0 Å². The Morgan fingerprint density at radius 3 is 2.71 bits per heavy atom. The highest BCUT2D eigenvalue weighted by atomic mass is 79.9. The molecule has 4 heteroatoms.